The molecule has 0 aliphatic carbocycles. The molecule has 0 fully saturated rings. The Kier molecular flexibility index (Phi) is 5.66. The molecule has 0 saturated heterocycles. The number of rotatable bonds is 7. The SMILES string of the molecule is COc1ccc(C=CC(=O)c2ccnn2C)cc1COc1ccc(F)cc1. The number of aromatic nitrogens is 2. The molecule has 138 valence electrons. The van der Waals surface area contributed by atoms with Crippen molar-refractivity contribution in [3.8, 4) is 11.5 Å². The molecule has 0 amide bonds. The number of aryl methyl sites for hydroxylation is 1. The van der Waals surface area contributed by atoms with Gasteiger partial charge in [-0.3, -0.25) is 9.48 Å². The van der Waals surface area contributed by atoms with E-state index in [9.17, 15) is 9.18 Å². The fourth-order valence-electron chi connectivity index (χ4n) is 2.58. The standard InChI is InChI=1S/C21H19FN2O3/c1-24-19(11-12-23-24)20(25)9-3-15-4-10-21(26-2)16(13-15)14-27-18-7-5-17(22)6-8-18/h3-13H,14H2,1-2H3. The maximum atomic E-state index is 13.0. The zero-order valence-corrected chi connectivity index (χ0v) is 15.1. The first-order valence-corrected chi connectivity index (χ1v) is 8.32. The topological polar surface area (TPSA) is 53.3 Å². The molecular weight excluding hydrogens is 347 g/mol. The highest BCUT2D eigenvalue weighted by Gasteiger charge is 2.08. The van der Waals surface area contributed by atoms with Gasteiger partial charge in [-0.25, -0.2) is 4.39 Å². The first kappa shape index (κ1) is 18.4. The van der Waals surface area contributed by atoms with Crippen LogP contribution in [0.3, 0.4) is 0 Å². The van der Waals surface area contributed by atoms with E-state index in [4.69, 9.17) is 9.47 Å². The molecule has 0 saturated carbocycles. The minimum atomic E-state index is -0.315. The maximum Gasteiger partial charge on any atom is 0.203 e. The van der Waals surface area contributed by atoms with E-state index in [-0.39, 0.29) is 18.2 Å². The molecule has 2 aromatic carbocycles. The molecule has 27 heavy (non-hydrogen) atoms. The molecule has 0 atom stereocenters. The first-order valence-electron chi connectivity index (χ1n) is 8.32. The lowest BCUT2D eigenvalue weighted by Gasteiger charge is -2.11. The van der Waals surface area contributed by atoms with Crippen LogP contribution < -0.4 is 9.47 Å². The van der Waals surface area contributed by atoms with Crippen molar-refractivity contribution >= 4 is 11.9 Å². The highest BCUT2D eigenvalue weighted by molar-refractivity contribution is 6.05. The van der Waals surface area contributed by atoms with Crippen LogP contribution in [0.25, 0.3) is 6.08 Å². The number of benzene rings is 2. The van der Waals surface area contributed by atoms with E-state index in [1.807, 2.05) is 18.2 Å². The molecule has 0 aliphatic rings. The number of hydrogen-bond donors (Lipinski definition) is 0. The molecule has 0 bridgehead atoms. The van der Waals surface area contributed by atoms with Crippen molar-refractivity contribution in [1.29, 1.82) is 0 Å². The summed E-state index contributed by atoms with van der Waals surface area (Å²) in [6, 6.07) is 13.0. The van der Waals surface area contributed by atoms with Gasteiger partial charge in [0, 0.05) is 18.8 Å². The van der Waals surface area contributed by atoms with Crippen LogP contribution in [0.5, 0.6) is 11.5 Å². The van der Waals surface area contributed by atoms with Gasteiger partial charge in [0.05, 0.1) is 7.11 Å². The first-order chi connectivity index (χ1) is 13.1. The second-order valence-electron chi connectivity index (χ2n) is 5.85. The van der Waals surface area contributed by atoms with Gasteiger partial charge in [-0.2, -0.15) is 5.10 Å². The van der Waals surface area contributed by atoms with Gasteiger partial charge < -0.3 is 9.47 Å². The Labute approximate surface area is 156 Å². The molecule has 1 heterocycles. The van der Waals surface area contributed by atoms with Gasteiger partial charge >= 0.3 is 0 Å². The quantitative estimate of drug-likeness (QED) is 0.468. The van der Waals surface area contributed by atoms with E-state index in [0.29, 0.717) is 17.2 Å². The molecule has 0 radical (unpaired) electrons. The number of carbonyl (C=O) groups is 1. The van der Waals surface area contributed by atoms with Crippen LogP contribution in [0, 0.1) is 5.82 Å². The monoisotopic (exact) mass is 366 g/mol. The Morgan fingerprint density at radius 2 is 1.96 bits per heavy atom. The average Bonchev–Trinajstić information content (AvgIpc) is 3.11. The Morgan fingerprint density at radius 1 is 1.19 bits per heavy atom. The van der Waals surface area contributed by atoms with E-state index < -0.39 is 0 Å². The van der Waals surface area contributed by atoms with Crippen molar-refractivity contribution in [1.82, 2.24) is 9.78 Å². The predicted octanol–water partition coefficient (Wildman–Crippen LogP) is 4.04. The normalized spacial score (nSPS) is 10.9. The lowest BCUT2D eigenvalue weighted by Crippen LogP contribution is -2.03. The molecular formula is C21H19FN2O3. The lowest BCUT2D eigenvalue weighted by atomic mass is 10.1. The molecule has 0 spiro atoms. The highest BCUT2D eigenvalue weighted by Crippen LogP contribution is 2.23. The summed E-state index contributed by atoms with van der Waals surface area (Å²) in [5.41, 5.74) is 2.17. The average molecular weight is 366 g/mol. The molecule has 0 aliphatic heterocycles. The Balaban J connectivity index is 1.74. The van der Waals surface area contributed by atoms with E-state index >= 15 is 0 Å². The minimum Gasteiger partial charge on any atom is -0.496 e. The number of ketones is 1. The van der Waals surface area contributed by atoms with Crippen LogP contribution in [0.1, 0.15) is 21.6 Å². The number of methoxy groups -OCH3 is 1. The third-order valence-corrected chi connectivity index (χ3v) is 4.01. The van der Waals surface area contributed by atoms with Crippen LogP contribution in [-0.2, 0) is 13.7 Å². The summed E-state index contributed by atoms with van der Waals surface area (Å²) >= 11 is 0. The lowest BCUT2D eigenvalue weighted by molar-refractivity contribution is 0.103. The van der Waals surface area contributed by atoms with Gasteiger partial charge in [-0.1, -0.05) is 12.1 Å². The third kappa shape index (κ3) is 4.61. The van der Waals surface area contributed by atoms with Gasteiger partial charge in [0.15, 0.2) is 0 Å². The molecule has 1 aromatic heterocycles. The minimum absolute atomic E-state index is 0.130. The summed E-state index contributed by atoms with van der Waals surface area (Å²) in [5, 5.41) is 3.99. The van der Waals surface area contributed by atoms with E-state index in [1.165, 1.54) is 22.9 Å². The second-order valence-corrected chi connectivity index (χ2v) is 5.85. The third-order valence-electron chi connectivity index (χ3n) is 4.01. The van der Waals surface area contributed by atoms with Crippen LogP contribution in [-0.4, -0.2) is 22.7 Å². The Hall–Kier alpha value is -3.41. The van der Waals surface area contributed by atoms with Crippen LogP contribution in [0.2, 0.25) is 0 Å². The summed E-state index contributed by atoms with van der Waals surface area (Å²) < 4.78 is 25.6. The van der Waals surface area contributed by atoms with Gasteiger partial charge in [0.1, 0.15) is 29.6 Å². The smallest absolute Gasteiger partial charge is 0.203 e. The number of nitrogens with zero attached hydrogens (tertiary/aromatic N) is 2. The van der Waals surface area contributed by atoms with Crippen LogP contribution in [0.4, 0.5) is 4.39 Å². The van der Waals surface area contributed by atoms with E-state index in [1.54, 1.807) is 44.6 Å². The summed E-state index contributed by atoms with van der Waals surface area (Å²) in [7, 11) is 3.30. The predicted molar refractivity (Wildman–Crippen MR) is 100 cm³/mol. The highest BCUT2D eigenvalue weighted by atomic mass is 19.1. The van der Waals surface area contributed by atoms with Crippen molar-refractivity contribution < 1.29 is 18.7 Å². The van der Waals surface area contributed by atoms with Crippen LogP contribution >= 0.6 is 0 Å². The zero-order valence-electron chi connectivity index (χ0n) is 15.1. The molecule has 0 N–H and O–H groups in total. The summed E-state index contributed by atoms with van der Waals surface area (Å²) in [6.45, 7) is 0.256. The number of carbonyl (C=O) groups excluding carboxylic acids is 1. The molecule has 0 unspecified atom stereocenters. The summed E-state index contributed by atoms with van der Waals surface area (Å²) in [6.07, 6.45) is 4.82. The summed E-state index contributed by atoms with van der Waals surface area (Å²) in [5.74, 6) is 0.790. The van der Waals surface area contributed by atoms with Gasteiger partial charge in [0.2, 0.25) is 5.78 Å². The maximum absolute atomic E-state index is 13.0. The number of ether oxygens (including phenoxy) is 2. The van der Waals surface area contributed by atoms with Crippen molar-refractivity contribution in [3.05, 3.63) is 83.4 Å². The van der Waals surface area contributed by atoms with Gasteiger partial charge in [-0.15, -0.1) is 0 Å². The number of halogens is 1. The zero-order chi connectivity index (χ0) is 19.2. The van der Waals surface area contributed by atoms with Gasteiger partial charge in [0.25, 0.3) is 0 Å². The van der Waals surface area contributed by atoms with Crippen molar-refractivity contribution in [3.63, 3.8) is 0 Å². The van der Waals surface area contributed by atoms with Crippen molar-refractivity contribution in [2.45, 2.75) is 6.61 Å². The fraction of sp³-hybridized carbons (Fsp3) is 0.143. The van der Waals surface area contributed by atoms with E-state index in [2.05, 4.69) is 5.10 Å². The van der Waals surface area contributed by atoms with Crippen LogP contribution in [0.15, 0.2) is 60.8 Å². The molecule has 6 heteroatoms. The van der Waals surface area contributed by atoms with Gasteiger partial charge in [-0.05, 0) is 54.1 Å². The molecule has 3 aromatic rings. The van der Waals surface area contributed by atoms with Crippen molar-refractivity contribution in [2.24, 2.45) is 7.05 Å². The summed E-state index contributed by atoms with van der Waals surface area (Å²) in [4.78, 5) is 12.2. The largest absolute Gasteiger partial charge is 0.496 e. The van der Waals surface area contributed by atoms with E-state index in [0.717, 1.165) is 11.1 Å². The second kappa shape index (κ2) is 8.31. The number of allylic oxidation sites excluding steroid dienone is 1. The molecule has 5 nitrogen and oxygen atoms in total. The Bertz CT molecular complexity index is 962. The Morgan fingerprint density at radius 3 is 2.63 bits per heavy atom. The van der Waals surface area contributed by atoms with Crippen molar-refractivity contribution in [2.75, 3.05) is 7.11 Å². The molecule has 3 rings (SSSR count). The number of hydrogen-bond acceptors (Lipinski definition) is 4. The fourth-order valence-corrected chi connectivity index (χ4v) is 2.58.